The number of aryl methyl sites for hydroxylation is 1. The van der Waals surface area contributed by atoms with Gasteiger partial charge in [0.1, 0.15) is 10.8 Å². The molecule has 3 aromatic carbocycles. The third-order valence-corrected chi connectivity index (χ3v) is 6.77. The van der Waals surface area contributed by atoms with Gasteiger partial charge in [-0.05, 0) is 66.1 Å². The highest BCUT2D eigenvalue weighted by Gasteiger charge is 2.14. The molecule has 0 saturated heterocycles. The number of para-hydroxylation sites is 1. The number of nitrogens with zero attached hydrogens (tertiary/aromatic N) is 3. The Labute approximate surface area is 196 Å². The van der Waals surface area contributed by atoms with Gasteiger partial charge in [0.25, 0.3) is 0 Å². The molecule has 0 N–H and O–H groups in total. The summed E-state index contributed by atoms with van der Waals surface area (Å²) in [6, 6.07) is 34.1. The predicted molar refractivity (Wildman–Crippen MR) is 137 cm³/mol. The number of benzene rings is 3. The van der Waals surface area contributed by atoms with Gasteiger partial charge in [0, 0.05) is 28.1 Å². The molecule has 158 valence electrons. The highest BCUT2D eigenvalue weighted by atomic mass is 32.2. The predicted octanol–water partition coefficient (Wildman–Crippen LogP) is 7.70. The molecule has 0 bridgehead atoms. The summed E-state index contributed by atoms with van der Waals surface area (Å²) in [6.45, 7) is 2.07. The Hall–Kier alpha value is -3.89. The fourth-order valence-electron chi connectivity index (χ4n) is 4.26. The zero-order valence-corrected chi connectivity index (χ0v) is 19.0. The van der Waals surface area contributed by atoms with Crippen LogP contribution in [0.3, 0.4) is 0 Å². The highest BCUT2D eigenvalue weighted by molar-refractivity contribution is 7.99. The summed E-state index contributed by atoms with van der Waals surface area (Å²) in [5, 5.41) is 3.47. The average Bonchev–Trinajstić information content (AvgIpc) is 3.19. The Bertz CT molecular complexity index is 1590. The van der Waals surface area contributed by atoms with Gasteiger partial charge >= 0.3 is 0 Å². The van der Waals surface area contributed by atoms with Crippen LogP contribution in [-0.4, -0.2) is 14.5 Å². The van der Waals surface area contributed by atoms with E-state index in [-0.39, 0.29) is 0 Å². The maximum absolute atomic E-state index is 4.74. The van der Waals surface area contributed by atoms with Gasteiger partial charge in [-0.2, -0.15) is 0 Å². The summed E-state index contributed by atoms with van der Waals surface area (Å²) in [7, 11) is 0. The van der Waals surface area contributed by atoms with Gasteiger partial charge in [-0.25, -0.2) is 9.97 Å². The first-order chi connectivity index (χ1) is 16.3. The lowest BCUT2D eigenvalue weighted by molar-refractivity contribution is 1.07. The summed E-state index contributed by atoms with van der Waals surface area (Å²) < 4.78 is 2.26. The molecule has 3 nitrogen and oxygen atoms in total. The smallest absolute Gasteiger partial charge is 0.137 e. The Balaban J connectivity index is 1.50. The fourth-order valence-corrected chi connectivity index (χ4v) is 5.09. The van der Waals surface area contributed by atoms with Crippen LogP contribution >= 0.6 is 11.8 Å². The van der Waals surface area contributed by atoms with Crippen LogP contribution in [0.15, 0.2) is 119 Å². The molecule has 0 saturated carbocycles. The largest absolute Gasteiger partial charge is 0.294 e. The molecule has 0 atom stereocenters. The van der Waals surface area contributed by atoms with Crippen molar-refractivity contribution in [2.75, 3.05) is 0 Å². The maximum Gasteiger partial charge on any atom is 0.137 e. The molecule has 0 fully saturated rings. The molecular weight excluding hydrogens is 422 g/mol. The quantitative estimate of drug-likeness (QED) is 0.280. The number of fused-ring (bicyclic) bond motifs is 3. The van der Waals surface area contributed by atoms with Crippen LogP contribution in [-0.2, 0) is 0 Å². The zero-order valence-electron chi connectivity index (χ0n) is 18.1. The number of aromatic nitrogens is 3. The lowest BCUT2D eigenvalue weighted by atomic mass is 10.0. The fraction of sp³-hybridized carbons (Fsp3) is 0.0345. The minimum Gasteiger partial charge on any atom is -0.294 e. The van der Waals surface area contributed by atoms with E-state index in [1.165, 1.54) is 32.3 Å². The summed E-state index contributed by atoms with van der Waals surface area (Å²) in [4.78, 5) is 10.4. The van der Waals surface area contributed by atoms with Crippen LogP contribution in [0.4, 0.5) is 0 Å². The van der Waals surface area contributed by atoms with E-state index in [2.05, 4.69) is 95.3 Å². The molecule has 0 aliphatic rings. The SMILES string of the molecule is Cc1ccc(-n2c3ccccc3c3ccc(-c4cccc(Sc5ccccn5)c4)cc32)nc1. The van der Waals surface area contributed by atoms with Gasteiger partial charge in [-0.15, -0.1) is 0 Å². The molecule has 0 amide bonds. The van der Waals surface area contributed by atoms with Crippen LogP contribution in [0.5, 0.6) is 0 Å². The number of hydrogen-bond donors (Lipinski definition) is 0. The monoisotopic (exact) mass is 443 g/mol. The molecule has 0 aliphatic carbocycles. The van der Waals surface area contributed by atoms with Gasteiger partial charge in [0.2, 0.25) is 0 Å². The second kappa shape index (κ2) is 8.23. The van der Waals surface area contributed by atoms with Crippen molar-refractivity contribution >= 4 is 33.6 Å². The van der Waals surface area contributed by atoms with Gasteiger partial charge in [-0.1, -0.05) is 66.4 Å². The molecular formula is C29H21N3S. The van der Waals surface area contributed by atoms with E-state index < -0.39 is 0 Å². The standard InChI is InChI=1S/C29H21N3S/c1-20-12-15-28(31-19-20)32-26-10-3-2-9-24(26)25-14-13-22(18-27(25)32)21-7-6-8-23(17-21)33-29-11-4-5-16-30-29/h2-19H,1H3. The first-order valence-electron chi connectivity index (χ1n) is 10.9. The lowest BCUT2D eigenvalue weighted by Crippen LogP contribution is -1.97. The third kappa shape index (κ3) is 3.69. The Kier molecular flexibility index (Phi) is 4.93. The first kappa shape index (κ1) is 19.8. The van der Waals surface area contributed by atoms with Crippen molar-refractivity contribution in [3.63, 3.8) is 0 Å². The second-order valence-corrected chi connectivity index (χ2v) is 9.17. The summed E-state index contributed by atoms with van der Waals surface area (Å²) in [5.41, 5.74) is 5.85. The van der Waals surface area contributed by atoms with Gasteiger partial charge in [0.05, 0.1) is 11.0 Å². The van der Waals surface area contributed by atoms with Crippen molar-refractivity contribution in [3.8, 4) is 16.9 Å². The molecule has 6 rings (SSSR count). The molecule has 0 radical (unpaired) electrons. The van der Waals surface area contributed by atoms with E-state index >= 15 is 0 Å². The molecule has 0 unspecified atom stereocenters. The Morgan fingerprint density at radius 1 is 0.667 bits per heavy atom. The number of pyridine rings is 2. The van der Waals surface area contributed by atoms with Crippen molar-refractivity contribution in [1.82, 2.24) is 14.5 Å². The van der Waals surface area contributed by atoms with Gasteiger partial charge in [-0.3, -0.25) is 4.57 Å². The van der Waals surface area contributed by atoms with Crippen LogP contribution in [0.2, 0.25) is 0 Å². The molecule has 33 heavy (non-hydrogen) atoms. The van der Waals surface area contributed by atoms with E-state index in [1.54, 1.807) is 11.8 Å². The van der Waals surface area contributed by atoms with Crippen molar-refractivity contribution in [2.45, 2.75) is 16.8 Å². The minimum absolute atomic E-state index is 0.934. The van der Waals surface area contributed by atoms with Crippen LogP contribution < -0.4 is 0 Å². The third-order valence-electron chi connectivity index (χ3n) is 5.83. The Morgan fingerprint density at radius 2 is 1.52 bits per heavy atom. The van der Waals surface area contributed by atoms with Crippen LogP contribution in [0.1, 0.15) is 5.56 Å². The van der Waals surface area contributed by atoms with Gasteiger partial charge < -0.3 is 0 Å². The lowest BCUT2D eigenvalue weighted by Gasteiger charge is -2.09. The summed E-state index contributed by atoms with van der Waals surface area (Å²) in [5.74, 6) is 0.934. The number of hydrogen-bond acceptors (Lipinski definition) is 3. The molecule has 6 aromatic rings. The van der Waals surface area contributed by atoms with Crippen molar-refractivity contribution < 1.29 is 0 Å². The number of rotatable bonds is 4. The first-order valence-corrected chi connectivity index (χ1v) is 11.7. The highest BCUT2D eigenvalue weighted by Crippen LogP contribution is 2.35. The van der Waals surface area contributed by atoms with Crippen molar-refractivity contribution in [2.24, 2.45) is 0 Å². The Morgan fingerprint density at radius 3 is 2.36 bits per heavy atom. The van der Waals surface area contributed by atoms with E-state index in [9.17, 15) is 0 Å². The summed E-state index contributed by atoms with van der Waals surface area (Å²) >= 11 is 1.68. The van der Waals surface area contributed by atoms with Crippen LogP contribution in [0, 0.1) is 6.92 Å². The summed E-state index contributed by atoms with van der Waals surface area (Å²) in [6.07, 6.45) is 3.76. The van der Waals surface area contributed by atoms with Crippen molar-refractivity contribution in [1.29, 1.82) is 0 Å². The minimum atomic E-state index is 0.934. The molecule has 4 heteroatoms. The van der Waals surface area contributed by atoms with E-state index in [4.69, 9.17) is 4.98 Å². The topological polar surface area (TPSA) is 30.7 Å². The molecule has 3 heterocycles. The second-order valence-electron chi connectivity index (χ2n) is 8.08. The van der Waals surface area contributed by atoms with Crippen LogP contribution in [0.25, 0.3) is 38.8 Å². The average molecular weight is 444 g/mol. The maximum atomic E-state index is 4.74. The van der Waals surface area contributed by atoms with E-state index in [1.807, 2.05) is 30.6 Å². The van der Waals surface area contributed by atoms with E-state index in [0.29, 0.717) is 0 Å². The van der Waals surface area contributed by atoms with E-state index in [0.717, 1.165) is 21.9 Å². The molecule has 0 spiro atoms. The molecule has 0 aliphatic heterocycles. The normalized spacial score (nSPS) is 11.3. The zero-order chi connectivity index (χ0) is 22.2. The van der Waals surface area contributed by atoms with Crippen molar-refractivity contribution in [3.05, 3.63) is 115 Å². The van der Waals surface area contributed by atoms with Gasteiger partial charge in [0.15, 0.2) is 0 Å². The molecule has 3 aromatic heterocycles.